The number of rotatable bonds is 2. The standard InChI is InChI=1S/C24H22FN3O3/c1-24(2,3)21(29)20-18-17(19-16-7-5-4-6-13(16)12-26-28(19)20)22(30)27(23(18)31)15-10-8-14(25)9-11-15/h4-12,17-20H,1-3H3/t17-,18+,19+,20+/m0/s1. The smallest absolute Gasteiger partial charge is 0.240 e. The highest BCUT2D eigenvalue weighted by atomic mass is 19.1. The van der Waals surface area contributed by atoms with Crippen LogP contribution in [0.4, 0.5) is 10.1 Å². The number of carbonyl (C=O) groups excluding carboxylic acids is 3. The van der Waals surface area contributed by atoms with Crippen LogP contribution in [-0.2, 0) is 14.4 Å². The lowest BCUT2D eigenvalue weighted by atomic mass is 9.79. The van der Waals surface area contributed by atoms with Crippen molar-refractivity contribution >= 4 is 29.5 Å². The Hall–Kier alpha value is -3.35. The minimum Gasteiger partial charge on any atom is -0.297 e. The summed E-state index contributed by atoms with van der Waals surface area (Å²) in [5, 5.41) is 6.18. The summed E-state index contributed by atoms with van der Waals surface area (Å²) in [6.07, 6.45) is 1.68. The molecule has 2 aromatic rings. The zero-order chi connectivity index (χ0) is 22.1. The van der Waals surface area contributed by atoms with E-state index >= 15 is 0 Å². The Morgan fingerprint density at radius 3 is 2.29 bits per heavy atom. The van der Waals surface area contributed by atoms with Gasteiger partial charge in [-0.15, -0.1) is 0 Å². The minimum atomic E-state index is -0.849. The number of hydrogen-bond acceptors (Lipinski definition) is 5. The Bertz CT molecular complexity index is 1140. The van der Waals surface area contributed by atoms with Gasteiger partial charge >= 0.3 is 0 Å². The summed E-state index contributed by atoms with van der Waals surface area (Å²) in [5.74, 6) is -3.00. The first-order chi connectivity index (χ1) is 14.7. The van der Waals surface area contributed by atoms with E-state index in [9.17, 15) is 18.8 Å². The first kappa shape index (κ1) is 19.6. The molecule has 5 rings (SSSR count). The van der Waals surface area contributed by atoms with Crippen molar-refractivity contribution < 1.29 is 18.8 Å². The van der Waals surface area contributed by atoms with Gasteiger partial charge in [-0.05, 0) is 35.4 Å². The fourth-order valence-electron chi connectivity index (χ4n) is 4.96. The second-order valence-electron chi connectivity index (χ2n) is 9.30. The summed E-state index contributed by atoms with van der Waals surface area (Å²) < 4.78 is 13.4. The molecule has 2 saturated heterocycles. The van der Waals surface area contributed by atoms with Crippen molar-refractivity contribution in [1.29, 1.82) is 0 Å². The number of imide groups is 1. The van der Waals surface area contributed by atoms with Crippen LogP contribution in [0.1, 0.15) is 37.9 Å². The highest BCUT2D eigenvalue weighted by Gasteiger charge is 2.66. The first-order valence-electron chi connectivity index (χ1n) is 10.3. The summed E-state index contributed by atoms with van der Waals surface area (Å²) in [6, 6.07) is 11.5. The lowest BCUT2D eigenvalue weighted by molar-refractivity contribution is -0.136. The third kappa shape index (κ3) is 2.76. The quantitative estimate of drug-likeness (QED) is 0.701. The van der Waals surface area contributed by atoms with Crippen molar-refractivity contribution in [2.45, 2.75) is 32.9 Å². The highest BCUT2D eigenvalue weighted by Crippen LogP contribution is 2.53. The van der Waals surface area contributed by atoms with Crippen molar-refractivity contribution in [3.8, 4) is 0 Å². The maximum Gasteiger partial charge on any atom is 0.240 e. The van der Waals surface area contributed by atoms with Crippen LogP contribution >= 0.6 is 0 Å². The van der Waals surface area contributed by atoms with E-state index in [1.54, 1.807) is 32.0 Å². The van der Waals surface area contributed by atoms with Crippen molar-refractivity contribution in [2.75, 3.05) is 4.90 Å². The number of fused-ring (bicyclic) bond motifs is 5. The molecular formula is C24H22FN3O3. The van der Waals surface area contributed by atoms with Gasteiger partial charge in [-0.25, -0.2) is 9.29 Å². The maximum atomic E-state index is 13.6. The molecule has 2 fully saturated rings. The number of Topliss-reactive ketones (excluding diaryl/α,β-unsaturated/α-hetero) is 1. The number of hydrogen-bond donors (Lipinski definition) is 0. The Morgan fingerprint density at radius 2 is 1.61 bits per heavy atom. The first-order valence-corrected chi connectivity index (χ1v) is 10.3. The number of amides is 2. The molecule has 2 aromatic carbocycles. The van der Waals surface area contributed by atoms with Gasteiger partial charge in [-0.2, -0.15) is 5.10 Å². The zero-order valence-corrected chi connectivity index (χ0v) is 17.4. The zero-order valence-electron chi connectivity index (χ0n) is 17.4. The van der Waals surface area contributed by atoms with Gasteiger partial charge in [0.25, 0.3) is 0 Å². The summed E-state index contributed by atoms with van der Waals surface area (Å²) >= 11 is 0. The molecule has 158 valence electrons. The Balaban J connectivity index is 1.66. The van der Waals surface area contributed by atoms with Gasteiger partial charge in [0.1, 0.15) is 11.9 Å². The number of ketones is 1. The Labute approximate surface area is 179 Å². The van der Waals surface area contributed by atoms with Crippen LogP contribution in [0.2, 0.25) is 0 Å². The van der Waals surface area contributed by atoms with Crippen LogP contribution in [0, 0.1) is 23.1 Å². The van der Waals surface area contributed by atoms with Crippen molar-refractivity contribution in [1.82, 2.24) is 5.01 Å². The third-order valence-electron chi connectivity index (χ3n) is 6.39. The molecule has 7 heteroatoms. The van der Waals surface area contributed by atoms with E-state index in [1.165, 1.54) is 24.3 Å². The maximum absolute atomic E-state index is 13.6. The molecule has 4 atom stereocenters. The van der Waals surface area contributed by atoms with Gasteiger partial charge < -0.3 is 0 Å². The molecule has 0 spiro atoms. The van der Waals surface area contributed by atoms with Crippen LogP contribution in [0.5, 0.6) is 0 Å². The van der Waals surface area contributed by atoms with E-state index in [0.29, 0.717) is 5.69 Å². The van der Waals surface area contributed by atoms with Crippen LogP contribution in [0.15, 0.2) is 53.6 Å². The SMILES string of the molecule is CC(C)(C)C(=O)[C@H]1[C@@H]2C(=O)N(c3ccc(F)cc3)C(=O)[C@@H]2[C@H]2c3ccccc3C=NN21. The molecule has 0 bridgehead atoms. The average Bonchev–Trinajstić information content (AvgIpc) is 3.20. The van der Waals surface area contributed by atoms with Crippen LogP contribution in [0.25, 0.3) is 0 Å². The van der Waals surface area contributed by atoms with Gasteiger partial charge in [-0.1, -0.05) is 45.0 Å². The summed E-state index contributed by atoms with van der Waals surface area (Å²) in [7, 11) is 0. The number of nitrogens with zero attached hydrogens (tertiary/aromatic N) is 3. The van der Waals surface area contributed by atoms with E-state index in [1.807, 2.05) is 24.3 Å². The van der Waals surface area contributed by atoms with E-state index in [2.05, 4.69) is 5.10 Å². The monoisotopic (exact) mass is 419 g/mol. The van der Waals surface area contributed by atoms with Crippen LogP contribution < -0.4 is 4.90 Å². The predicted molar refractivity (Wildman–Crippen MR) is 113 cm³/mol. The highest BCUT2D eigenvalue weighted by molar-refractivity contribution is 6.24. The molecule has 3 heterocycles. The molecule has 0 aromatic heterocycles. The molecule has 3 aliphatic heterocycles. The lowest BCUT2D eigenvalue weighted by Gasteiger charge is -2.35. The molecule has 3 aliphatic rings. The minimum absolute atomic E-state index is 0.136. The Morgan fingerprint density at radius 1 is 0.968 bits per heavy atom. The number of hydrazone groups is 1. The van der Waals surface area contributed by atoms with E-state index in [4.69, 9.17) is 0 Å². The van der Waals surface area contributed by atoms with Crippen molar-refractivity contribution in [2.24, 2.45) is 22.4 Å². The van der Waals surface area contributed by atoms with Crippen LogP contribution in [-0.4, -0.2) is 34.9 Å². The van der Waals surface area contributed by atoms with E-state index in [0.717, 1.165) is 16.0 Å². The summed E-state index contributed by atoms with van der Waals surface area (Å²) in [5.41, 5.74) is 1.33. The van der Waals surface area contributed by atoms with E-state index in [-0.39, 0.29) is 11.7 Å². The topological polar surface area (TPSA) is 70.0 Å². The Kier molecular flexibility index (Phi) is 4.16. The van der Waals surface area contributed by atoms with Gasteiger partial charge in [0.2, 0.25) is 11.8 Å². The molecular weight excluding hydrogens is 397 g/mol. The van der Waals surface area contributed by atoms with Crippen molar-refractivity contribution in [3.05, 3.63) is 65.5 Å². The molecule has 0 aliphatic carbocycles. The second kappa shape index (κ2) is 6.57. The molecule has 0 N–H and O–H groups in total. The average molecular weight is 419 g/mol. The van der Waals surface area contributed by atoms with Gasteiger partial charge in [0, 0.05) is 5.41 Å². The fourth-order valence-corrected chi connectivity index (χ4v) is 4.96. The number of halogens is 1. The third-order valence-corrected chi connectivity index (χ3v) is 6.39. The summed E-state index contributed by atoms with van der Waals surface area (Å²) in [6.45, 7) is 5.41. The van der Waals surface area contributed by atoms with Gasteiger partial charge in [-0.3, -0.25) is 19.4 Å². The summed E-state index contributed by atoms with van der Waals surface area (Å²) in [4.78, 5) is 41.7. The normalized spacial score (nSPS) is 26.7. The second-order valence-corrected chi connectivity index (χ2v) is 9.30. The number of anilines is 1. The molecule has 0 unspecified atom stereocenters. The molecule has 6 nitrogen and oxygen atoms in total. The van der Waals surface area contributed by atoms with Crippen LogP contribution in [0.3, 0.4) is 0 Å². The molecule has 31 heavy (non-hydrogen) atoms. The largest absolute Gasteiger partial charge is 0.297 e. The van der Waals surface area contributed by atoms with E-state index < -0.39 is 41.1 Å². The fraction of sp³-hybridized carbons (Fsp3) is 0.333. The molecule has 2 amide bonds. The van der Waals surface area contributed by atoms with Gasteiger partial charge in [0.15, 0.2) is 5.78 Å². The molecule has 0 radical (unpaired) electrons. The number of carbonyl (C=O) groups is 3. The number of benzene rings is 2. The predicted octanol–water partition coefficient (Wildman–Crippen LogP) is 3.32. The van der Waals surface area contributed by atoms with Gasteiger partial charge in [0.05, 0.1) is 29.8 Å². The molecule has 0 saturated carbocycles. The van der Waals surface area contributed by atoms with Crippen molar-refractivity contribution in [3.63, 3.8) is 0 Å². The lowest BCUT2D eigenvalue weighted by Crippen LogP contribution is -2.48.